The molecule has 98 valence electrons. The predicted molar refractivity (Wildman–Crippen MR) is 73.0 cm³/mol. The first-order valence-corrected chi connectivity index (χ1v) is 6.70. The van der Waals surface area contributed by atoms with Crippen LogP contribution < -0.4 is 11.1 Å². The molecule has 1 aromatic carbocycles. The summed E-state index contributed by atoms with van der Waals surface area (Å²) in [6.45, 7) is 2.64. The van der Waals surface area contributed by atoms with Gasteiger partial charge in [-0.25, -0.2) is 0 Å². The molecular weight excluding hydrogens is 224 g/mol. The Balaban J connectivity index is 1.88. The van der Waals surface area contributed by atoms with E-state index < -0.39 is 0 Å². The highest BCUT2D eigenvalue weighted by molar-refractivity contribution is 5.77. The van der Waals surface area contributed by atoms with Gasteiger partial charge in [0.15, 0.2) is 0 Å². The Morgan fingerprint density at radius 2 is 2.06 bits per heavy atom. The third-order valence-corrected chi connectivity index (χ3v) is 4.06. The second-order valence-electron chi connectivity index (χ2n) is 5.43. The minimum Gasteiger partial charge on any atom is -0.350 e. The normalized spacial score (nSPS) is 18.8. The van der Waals surface area contributed by atoms with Gasteiger partial charge in [0.2, 0.25) is 5.91 Å². The molecule has 0 saturated heterocycles. The Bertz CT molecular complexity index is 393. The molecule has 1 saturated carbocycles. The van der Waals surface area contributed by atoms with Crippen LogP contribution in [0.15, 0.2) is 30.3 Å². The van der Waals surface area contributed by atoms with Crippen molar-refractivity contribution >= 4 is 5.91 Å². The average Bonchev–Trinajstić information content (AvgIpc) is 2.35. The predicted octanol–water partition coefficient (Wildman–Crippen LogP) is 2.38. The summed E-state index contributed by atoms with van der Waals surface area (Å²) < 4.78 is 0. The highest BCUT2D eigenvalue weighted by Gasteiger charge is 2.37. The van der Waals surface area contributed by atoms with E-state index in [4.69, 9.17) is 5.73 Å². The van der Waals surface area contributed by atoms with E-state index in [1.807, 2.05) is 37.3 Å². The summed E-state index contributed by atoms with van der Waals surface area (Å²) in [5.74, 6) is 0.122. The van der Waals surface area contributed by atoms with Gasteiger partial charge in [0, 0.05) is 6.42 Å². The van der Waals surface area contributed by atoms with Crippen molar-refractivity contribution in [1.82, 2.24) is 5.32 Å². The van der Waals surface area contributed by atoms with Gasteiger partial charge < -0.3 is 11.1 Å². The van der Waals surface area contributed by atoms with E-state index in [9.17, 15) is 4.79 Å². The molecule has 0 aliphatic heterocycles. The van der Waals surface area contributed by atoms with Gasteiger partial charge in [0.1, 0.15) is 0 Å². The summed E-state index contributed by atoms with van der Waals surface area (Å²) >= 11 is 0. The van der Waals surface area contributed by atoms with Crippen LogP contribution in [0.25, 0.3) is 0 Å². The molecule has 18 heavy (non-hydrogen) atoms. The molecule has 0 heterocycles. The van der Waals surface area contributed by atoms with Crippen LogP contribution in [0.4, 0.5) is 0 Å². The van der Waals surface area contributed by atoms with Crippen molar-refractivity contribution in [1.29, 1.82) is 0 Å². The summed E-state index contributed by atoms with van der Waals surface area (Å²) in [4.78, 5) is 12.0. The van der Waals surface area contributed by atoms with E-state index in [1.54, 1.807) is 0 Å². The SMILES string of the molecule is CC(NC(=O)CC1(CN)CCC1)c1ccccc1. The fourth-order valence-electron chi connectivity index (χ4n) is 2.59. The molecule has 1 unspecified atom stereocenters. The molecule has 3 nitrogen and oxygen atoms in total. The van der Waals surface area contributed by atoms with Gasteiger partial charge in [0.25, 0.3) is 0 Å². The summed E-state index contributed by atoms with van der Waals surface area (Å²) in [6.07, 6.45) is 3.96. The van der Waals surface area contributed by atoms with E-state index in [1.165, 1.54) is 6.42 Å². The largest absolute Gasteiger partial charge is 0.350 e. The van der Waals surface area contributed by atoms with Crippen LogP contribution in [0.3, 0.4) is 0 Å². The number of nitrogens with two attached hydrogens (primary N) is 1. The molecule has 1 aliphatic rings. The smallest absolute Gasteiger partial charge is 0.221 e. The van der Waals surface area contributed by atoms with E-state index in [-0.39, 0.29) is 17.4 Å². The fraction of sp³-hybridized carbons (Fsp3) is 0.533. The molecule has 0 bridgehead atoms. The second kappa shape index (κ2) is 5.53. The van der Waals surface area contributed by atoms with E-state index >= 15 is 0 Å². The van der Waals surface area contributed by atoms with Crippen LogP contribution in [-0.2, 0) is 4.79 Å². The standard InChI is InChI=1S/C15H22N2O/c1-12(13-6-3-2-4-7-13)17-14(18)10-15(11-16)8-5-9-15/h2-4,6-7,12H,5,8-11,16H2,1H3,(H,17,18). The lowest BCUT2D eigenvalue weighted by Crippen LogP contribution is -2.42. The molecule has 3 N–H and O–H groups in total. The highest BCUT2D eigenvalue weighted by atomic mass is 16.1. The molecule has 2 rings (SSSR count). The first-order valence-electron chi connectivity index (χ1n) is 6.70. The van der Waals surface area contributed by atoms with Gasteiger partial charge in [-0.2, -0.15) is 0 Å². The van der Waals surface area contributed by atoms with Crippen LogP contribution in [-0.4, -0.2) is 12.5 Å². The van der Waals surface area contributed by atoms with Crippen LogP contribution in [0.1, 0.15) is 44.2 Å². The van der Waals surface area contributed by atoms with Crippen molar-refractivity contribution in [3.8, 4) is 0 Å². The van der Waals surface area contributed by atoms with Crippen LogP contribution in [0, 0.1) is 5.41 Å². The Hall–Kier alpha value is -1.35. The van der Waals surface area contributed by atoms with Crippen molar-refractivity contribution in [2.24, 2.45) is 11.1 Å². The Morgan fingerprint density at radius 1 is 1.39 bits per heavy atom. The number of carbonyl (C=O) groups excluding carboxylic acids is 1. The molecule has 1 amide bonds. The molecule has 0 spiro atoms. The zero-order chi connectivity index (χ0) is 13.0. The zero-order valence-corrected chi connectivity index (χ0v) is 11.0. The molecule has 1 aromatic rings. The fourth-order valence-corrected chi connectivity index (χ4v) is 2.59. The van der Waals surface area contributed by atoms with Gasteiger partial charge in [-0.1, -0.05) is 36.8 Å². The number of rotatable bonds is 5. The van der Waals surface area contributed by atoms with E-state index in [0.717, 1.165) is 18.4 Å². The Morgan fingerprint density at radius 3 is 2.56 bits per heavy atom. The van der Waals surface area contributed by atoms with Gasteiger partial charge in [-0.05, 0) is 37.3 Å². The topological polar surface area (TPSA) is 55.1 Å². The maximum Gasteiger partial charge on any atom is 0.221 e. The number of hydrogen-bond acceptors (Lipinski definition) is 2. The minimum atomic E-state index is 0.0635. The average molecular weight is 246 g/mol. The van der Waals surface area contributed by atoms with Gasteiger partial charge in [0.05, 0.1) is 6.04 Å². The van der Waals surface area contributed by atoms with Crippen LogP contribution >= 0.6 is 0 Å². The molecule has 3 heteroatoms. The number of nitrogens with one attached hydrogen (secondary N) is 1. The molecule has 1 aliphatic carbocycles. The lowest BCUT2D eigenvalue weighted by atomic mass is 9.66. The van der Waals surface area contributed by atoms with Crippen LogP contribution in [0.5, 0.6) is 0 Å². The van der Waals surface area contributed by atoms with Crippen molar-refractivity contribution in [3.05, 3.63) is 35.9 Å². The third kappa shape index (κ3) is 2.91. The van der Waals surface area contributed by atoms with Crippen LogP contribution in [0.2, 0.25) is 0 Å². The lowest BCUT2D eigenvalue weighted by molar-refractivity contribution is -0.125. The monoisotopic (exact) mass is 246 g/mol. The van der Waals surface area contributed by atoms with Crippen molar-refractivity contribution in [2.45, 2.75) is 38.6 Å². The maximum absolute atomic E-state index is 12.0. The van der Waals surface area contributed by atoms with Crippen molar-refractivity contribution in [2.75, 3.05) is 6.54 Å². The lowest BCUT2D eigenvalue weighted by Gasteiger charge is -2.40. The van der Waals surface area contributed by atoms with Crippen molar-refractivity contribution in [3.63, 3.8) is 0 Å². The summed E-state index contributed by atoms with van der Waals surface area (Å²) in [7, 11) is 0. The van der Waals surface area contributed by atoms with Gasteiger partial charge in [-0.3, -0.25) is 4.79 Å². The summed E-state index contributed by atoms with van der Waals surface area (Å²) in [5, 5.41) is 3.06. The quantitative estimate of drug-likeness (QED) is 0.838. The number of amides is 1. The van der Waals surface area contributed by atoms with Gasteiger partial charge in [-0.15, -0.1) is 0 Å². The minimum absolute atomic E-state index is 0.0635. The summed E-state index contributed by atoms with van der Waals surface area (Å²) in [5.41, 5.74) is 7.00. The molecule has 0 radical (unpaired) electrons. The molecule has 1 atom stereocenters. The number of hydrogen-bond donors (Lipinski definition) is 2. The Labute approximate surface area is 109 Å². The van der Waals surface area contributed by atoms with E-state index in [0.29, 0.717) is 13.0 Å². The first kappa shape index (κ1) is 13.1. The molecule has 0 aromatic heterocycles. The summed E-state index contributed by atoms with van der Waals surface area (Å²) in [6, 6.07) is 10.1. The van der Waals surface area contributed by atoms with E-state index in [2.05, 4.69) is 5.32 Å². The number of benzene rings is 1. The van der Waals surface area contributed by atoms with Gasteiger partial charge >= 0.3 is 0 Å². The third-order valence-electron chi connectivity index (χ3n) is 4.06. The molecule has 1 fully saturated rings. The maximum atomic E-state index is 12.0. The number of carbonyl (C=O) groups is 1. The Kier molecular flexibility index (Phi) is 4.02. The molecular formula is C15H22N2O. The van der Waals surface area contributed by atoms with Crippen molar-refractivity contribution < 1.29 is 4.79 Å². The zero-order valence-electron chi connectivity index (χ0n) is 11.0. The first-order chi connectivity index (χ1) is 8.65. The highest BCUT2D eigenvalue weighted by Crippen LogP contribution is 2.42. The second-order valence-corrected chi connectivity index (χ2v) is 5.43.